The number of aryl methyl sites for hydroxylation is 1. The highest BCUT2D eigenvalue weighted by Gasteiger charge is 2.21. The molecule has 28 heavy (non-hydrogen) atoms. The molecule has 0 fully saturated rings. The van der Waals surface area contributed by atoms with Crippen molar-refractivity contribution in [3.8, 4) is 5.75 Å². The number of ether oxygens (including phenoxy) is 2. The lowest BCUT2D eigenvalue weighted by molar-refractivity contribution is -0.133. The molecule has 8 nitrogen and oxygen atoms in total. The number of carbonyl (C=O) groups is 2. The van der Waals surface area contributed by atoms with E-state index >= 15 is 0 Å². The number of amides is 1. The van der Waals surface area contributed by atoms with Crippen molar-refractivity contribution in [3.05, 3.63) is 59.5 Å². The first-order valence-corrected chi connectivity index (χ1v) is 8.92. The lowest BCUT2D eigenvalue weighted by atomic mass is 10.2. The number of carbonyl (C=O) groups excluding carboxylic acids is 2. The lowest BCUT2D eigenvalue weighted by Gasteiger charge is -2.17. The molecule has 0 aliphatic rings. The Bertz CT molecular complexity index is 982. The van der Waals surface area contributed by atoms with Gasteiger partial charge in [0, 0.05) is 26.0 Å². The number of esters is 1. The molecule has 0 atom stereocenters. The molecular weight excluding hydrogens is 360 g/mol. The molecule has 0 unspecified atom stereocenters. The summed E-state index contributed by atoms with van der Waals surface area (Å²) in [6.45, 7) is 4.28. The molecule has 0 bridgehead atoms. The van der Waals surface area contributed by atoms with Crippen LogP contribution in [0.25, 0.3) is 5.65 Å². The van der Waals surface area contributed by atoms with Crippen LogP contribution >= 0.6 is 0 Å². The number of rotatable bonds is 7. The fourth-order valence-electron chi connectivity index (χ4n) is 2.77. The van der Waals surface area contributed by atoms with Gasteiger partial charge in [-0.15, -0.1) is 0 Å². The summed E-state index contributed by atoms with van der Waals surface area (Å²) in [7, 11) is 1.66. The zero-order chi connectivity index (χ0) is 20.1. The van der Waals surface area contributed by atoms with E-state index in [1.165, 1.54) is 9.42 Å². The predicted octanol–water partition coefficient (Wildman–Crippen LogP) is 2.25. The number of hydrogen-bond acceptors (Lipinski definition) is 6. The summed E-state index contributed by atoms with van der Waals surface area (Å²) in [6, 6.07) is 9.23. The number of aromatic nitrogens is 3. The van der Waals surface area contributed by atoms with E-state index in [0.29, 0.717) is 24.5 Å². The molecule has 3 rings (SSSR count). The highest BCUT2D eigenvalue weighted by atomic mass is 16.5. The summed E-state index contributed by atoms with van der Waals surface area (Å²) in [5.74, 6) is -0.134. The van der Waals surface area contributed by atoms with Crippen molar-refractivity contribution >= 4 is 17.5 Å². The summed E-state index contributed by atoms with van der Waals surface area (Å²) < 4.78 is 12.1. The third-order valence-electron chi connectivity index (χ3n) is 4.18. The Labute approximate surface area is 162 Å². The van der Waals surface area contributed by atoms with Crippen LogP contribution < -0.4 is 4.74 Å². The van der Waals surface area contributed by atoms with Crippen LogP contribution in [0.3, 0.4) is 0 Å². The maximum absolute atomic E-state index is 12.4. The molecule has 8 heteroatoms. The molecular formula is C20H22N4O4. The summed E-state index contributed by atoms with van der Waals surface area (Å²) in [4.78, 5) is 30.4. The average Bonchev–Trinajstić information content (AvgIpc) is 3.03. The second kappa shape index (κ2) is 8.51. The minimum absolute atomic E-state index is 0.266. The number of hydrogen-bond donors (Lipinski definition) is 0. The van der Waals surface area contributed by atoms with Crippen molar-refractivity contribution in [2.75, 3.05) is 20.3 Å². The normalized spacial score (nSPS) is 10.7. The van der Waals surface area contributed by atoms with Crippen molar-refractivity contribution in [1.82, 2.24) is 19.5 Å². The van der Waals surface area contributed by atoms with E-state index < -0.39 is 5.97 Å². The van der Waals surface area contributed by atoms with E-state index in [1.807, 2.05) is 31.2 Å². The van der Waals surface area contributed by atoms with Gasteiger partial charge in [0.15, 0.2) is 12.3 Å². The molecule has 0 aliphatic carbocycles. The Hall–Kier alpha value is -3.42. The molecule has 0 N–H and O–H groups in total. The van der Waals surface area contributed by atoms with E-state index in [-0.39, 0.29) is 18.1 Å². The Morgan fingerprint density at radius 3 is 2.68 bits per heavy atom. The predicted molar refractivity (Wildman–Crippen MR) is 102 cm³/mol. The summed E-state index contributed by atoms with van der Waals surface area (Å²) in [5.41, 5.74) is 2.12. The van der Waals surface area contributed by atoms with Gasteiger partial charge in [-0.2, -0.15) is 5.10 Å². The molecule has 1 aromatic carbocycles. The topological polar surface area (TPSA) is 86.0 Å². The van der Waals surface area contributed by atoms with Crippen molar-refractivity contribution < 1.29 is 19.1 Å². The van der Waals surface area contributed by atoms with Crippen LogP contribution in [0.1, 0.15) is 28.5 Å². The van der Waals surface area contributed by atoms with E-state index in [4.69, 9.17) is 9.47 Å². The maximum atomic E-state index is 12.4. The van der Waals surface area contributed by atoms with Crippen LogP contribution in [0.15, 0.2) is 42.7 Å². The van der Waals surface area contributed by atoms with Gasteiger partial charge in [0.1, 0.15) is 11.3 Å². The van der Waals surface area contributed by atoms with Crippen molar-refractivity contribution in [2.24, 2.45) is 0 Å². The second-order valence-corrected chi connectivity index (χ2v) is 6.25. The van der Waals surface area contributed by atoms with Gasteiger partial charge in [-0.3, -0.25) is 4.79 Å². The van der Waals surface area contributed by atoms with Gasteiger partial charge in [-0.1, -0.05) is 12.1 Å². The van der Waals surface area contributed by atoms with Gasteiger partial charge in [-0.25, -0.2) is 14.3 Å². The molecule has 0 radical (unpaired) electrons. The molecule has 2 heterocycles. The lowest BCUT2D eigenvalue weighted by Crippen LogP contribution is -2.30. The minimum Gasteiger partial charge on any atom is -0.494 e. The van der Waals surface area contributed by atoms with Gasteiger partial charge in [-0.05, 0) is 37.6 Å². The first kappa shape index (κ1) is 19.3. The van der Waals surface area contributed by atoms with Crippen LogP contribution in [0.2, 0.25) is 0 Å². The summed E-state index contributed by atoms with van der Waals surface area (Å²) in [6.07, 6.45) is 3.27. The Balaban J connectivity index is 1.58. The number of nitrogens with zero attached hydrogens (tertiary/aromatic N) is 4. The fourth-order valence-corrected chi connectivity index (χ4v) is 2.77. The van der Waals surface area contributed by atoms with Gasteiger partial charge in [0.05, 0.1) is 12.3 Å². The maximum Gasteiger partial charge on any atom is 0.344 e. The highest BCUT2D eigenvalue weighted by molar-refractivity contribution is 5.98. The molecule has 0 saturated heterocycles. The molecule has 1 amide bonds. The molecule has 146 valence electrons. The van der Waals surface area contributed by atoms with Crippen molar-refractivity contribution in [3.63, 3.8) is 0 Å². The Kier molecular flexibility index (Phi) is 5.88. The molecule has 2 aromatic heterocycles. The zero-order valence-corrected chi connectivity index (χ0v) is 16.1. The smallest absolute Gasteiger partial charge is 0.344 e. The van der Waals surface area contributed by atoms with E-state index in [9.17, 15) is 9.59 Å². The fraction of sp³-hybridized carbons (Fsp3) is 0.300. The third-order valence-corrected chi connectivity index (χ3v) is 4.18. The van der Waals surface area contributed by atoms with E-state index in [0.717, 1.165) is 11.3 Å². The van der Waals surface area contributed by atoms with Crippen LogP contribution in [-0.2, 0) is 16.1 Å². The first-order valence-electron chi connectivity index (χ1n) is 8.92. The molecule has 0 aliphatic heterocycles. The van der Waals surface area contributed by atoms with Crippen LogP contribution in [0.5, 0.6) is 5.75 Å². The highest BCUT2D eigenvalue weighted by Crippen LogP contribution is 2.15. The summed E-state index contributed by atoms with van der Waals surface area (Å²) >= 11 is 0. The van der Waals surface area contributed by atoms with Gasteiger partial charge in [0.2, 0.25) is 0 Å². The van der Waals surface area contributed by atoms with Gasteiger partial charge >= 0.3 is 5.97 Å². The first-order chi connectivity index (χ1) is 13.5. The van der Waals surface area contributed by atoms with Crippen LogP contribution in [-0.4, -0.2) is 51.6 Å². The number of fused-ring (bicyclic) bond motifs is 1. The molecule has 0 saturated carbocycles. The quantitative estimate of drug-likeness (QED) is 0.583. The van der Waals surface area contributed by atoms with Crippen molar-refractivity contribution in [1.29, 1.82) is 0 Å². The van der Waals surface area contributed by atoms with E-state index in [2.05, 4.69) is 10.1 Å². The SMILES string of the molecule is CCOc1ccc(CN(C)C(=O)COC(=O)c2c(C)nn3cccnc23)cc1. The second-order valence-electron chi connectivity index (χ2n) is 6.25. The largest absolute Gasteiger partial charge is 0.494 e. The van der Waals surface area contributed by atoms with Crippen LogP contribution in [0, 0.1) is 6.92 Å². The Morgan fingerprint density at radius 2 is 1.96 bits per heavy atom. The summed E-state index contributed by atoms with van der Waals surface area (Å²) in [5, 5.41) is 4.22. The third kappa shape index (κ3) is 4.28. The monoisotopic (exact) mass is 382 g/mol. The molecule has 3 aromatic rings. The van der Waals surface area contributed by atoms with Crippen LogP contribution in [0.4, 0.5) is 0 Å². The zero-order valence-electron chi connectivity index (χ0n) is 16.1. The van der Waals surface area contributed by atoms with Gasteiger partial charge < -0.3 is 14.4 Å². The standard InChI is InChI=1S/C20H22N4O4/c1-4-27-16-8-6-15(7-9-16)12-23(3)17(25)13-28-20(26)18-14(2)22-24-11-5-10-21-19(18)24/h5-11H,4,12-13H2,1-3H3. The Morgan fingerprint density at radius 1 is 1.21 bits per heavy atom. The average molecular weight is 382 g/mol. The number of benzene rings is 1. The van der Waals surface area contributed by atoms with E-state index in [1.54, 1.807) is 32.4 Å². The van der Waals surface area contributed by atoms with Crippen molar-refractivity contribution in [2.45, 2.75) is 20.4 Å². The number of likely N-dealkylation sites (N-methyl/N-ethyl adjacent to an activating group) is 1. The van der Waals surface area contributed by atoms with Gasteiger partial charge in [0.25, 0.3) is 5.91 Å². The minimum atomic E-state index is -0.617. The molecule has 0 spiro atoms.